The van der Waals surface area contributed by atoms with Crippen LogP contribution in [0.2, 0.25) is 0 Å². The first-order chi connectivity index (χ1) is 27.7. The summed E-state index contributed by atoms with van der Waals surface area (Å²) in [5, 5.41) is 4.67. The quantitative estimate of drug-likeness (QED) is 0.171. The fourth-order valence-corrected chi connectivity index (χ4v) is 9.14. The summed E-state index contributed by atoms with van der Waals surface area (Å²) in [4.78, 5) is 15.2. The number of benzene rings is 8. The maximum Gasteiger partial charge on any atom is 0.164 e. The molecule has 11 aromatic rings. The molecule has 0 fully saturated rings. The van der Waals surface area contributed by atoms with Crippen molar-refractivity contribution in [3.63, 3.8) is 0 Å². The van der Waals surface area contributed by atoms with E-state index in [-0.39, 0.29) is 0 Å². The molecule has 0 N–H and O–H groups in total. The molecule has 11 rings (SSSR count). The lowest BCUT2D eigenvalue weighted by atomic mass is 9.94. The third kappa shape index (κ3) is 5.48. The van der Waals surface area contributed by atoms with E-state index in [4.69, 9.17) is 19.4 Å². The van der Waals surface area contributed by atoms with Gasteiger partial charge in [0.1, 0.15) is 11.2 Å². The molecule has 0 atom stereocenters. The standard InChI is InChI=1S/C51H31N3OS/c1-4-14-32(15-5-1)35-20-12-21-36(30-35)50-52-49(34-18-8-3-9-19-34)53-51(54-50)37-26-27-39-41-23-13-24-42(48(41)56-45(39)31-37)40-29-28-38(33-16-6-2-7-17-33)46-43-22-10-11-25-44(43)55-47(40)46/h1-31H. The Morgan fingerprint density at radius 2 is 0.929 bits per heavy atom. The molecular formula is C51H31N3OS. The molecule has 5 heteroatoms. The summed E-state index contributed by atoms with van der Waals surface area (Å²) in [7, 11) is 0. The Balaban J connectivity index is 1.07. The number of thiophene rings is 1. The lowest BCUT2D eigenvalue weighted by Crippen LogP contribution is -2.00. The smallest absolute Gasteiger partial charge is 0.164 e. The van der Waals surface area contributed by atoms with Gasteiger partial charge in [0.15, 0.2) is 17.5 Å². The molecule has 4 nitrogen and oxygen atoms in total. The van der Waals surface area contributed by atoms with Crippen molar-refractivity contribution in [2.45, 2.75) is 0 Å². The van der Waals surface area contributed by atoms with Gasteiger partial charge in [-0.15, -0.1) is 11.3 Å². The summed E-state index contributed by atoms with van der Waals surface area (Å²) in [6, 6.07) is 65.5. The van der Waals surface area contributed by atoms with Gasteiger partial charge in [0, 0.05) is 58.8 Å². The Hall–Kier alpha value is -7.21. The van der Waals surface area contributed by atoms with Crippen LogP contribution in [-0.2, 0) is 0 Å². The highest BCUT2D eigenvalue weighted by atomic mass is 32.1. The summed E-state index contributed by atoms with van der Waals surface area (Å²) >= 11 is 1.80. The Kier molecular flexibility index (Phi) is 7.64. The van der Waals surface area contributed by atoms with Gasteiger partial charge >= 0.3 is 0 Å². The zero-order valence-corrected chi connectivity index (χ0v) is 30.9. The van der Waals surface area contributed by atoms with E-state index in [1.165, 1.54) is 31.3 Å². The summed E-state index contributed by atoms with van der Waals surface area (Å²) in [6.45, 7) is 0. The van der Waals surface area contributed by atoms with Gasteiger partial charge in [0.25, 0.3) is 0 Å². The summed E-state index contributed by atoms with van der Waals surface area (Å²) in [5.41, 5.74) is 11.5. The number of para-hydroxylation sites is 1. The predicted octanol–water partition coefficient (Wildman–Crippen LogP) is 14.1. The molecule has 3 aromatic heterocycles. The lowest BCUT2D eigenvalue weighted by Gasteiger charge is -2.10. The van der Waals surface area contributed by atoms with Crippen LogP contribution in [0, 0.1) is 0 Å². The van der Waals surface area contributed by atoms with Gasteiger partial charge in [-0.25, -0.2) is 15.0 Å². The van der Waals surface area contributed by atoms with E-state index in [1.807, 2.05) is 42.5 Å². The maximum absolute atomic E-state index is 6.71. The van der Waals surface area contributed by atoms with Crippen molar-refractivity contribution in [2.24, 2.45) is 0 Å². The molecule has 0 aliphatic carbocycles. The third-order valence-corrected chi connectivity index (χ3v) is 11.8. The van der Waals surface area contributed by atoms with Crippen LogP contribution in [0.4, 0.5) is 0 Å². The number of hydrogen-bond acceptors (Lipinski definition) is 5. The van der Waals surface area contributed by atoms with Crippen LogP contribution in [0.3, 0.4) is 0 Å². The topological polar surface area (TPSA) is 51.8 Å². The Morgan fingerprint density at radius 1 is 0.357 bits per heavy atom. The number of aromatic nitrogens is 3. The van der Waals surface area contributed by atoms with Crippen molar-refractivity contribution >= 4 is 53.4 Å². The molecule has 0 unspecified atom stereocenters. The van der Waals surface area contributed by atoms with E-state index in [9.17, 15) is 0 Å². The van der Waals surface area contributed by atoms with Gasteiger partial charge in [-0.05, 0) is 46.5 Å². The van der Waals surface area contributed by atoms with Gasteiger partial charge in [-0.2, -0.15) is 0 Å². The van der Waals surface area contributed by atoms with Crippen LogP contribution < -0.4 is 0 Å². The minimum absolute atomic E-state index is 0.638. The summed E-state index contributed by atoms with van der Waals surface area (Å²) in [5.74, 6) is 1.92. The van der Waals surface area contributed by atoms with Crippen molar-refractivity contribution < 1.29 is 4.42 Å². The second kappa shape index (κ2) is 13.3. The number of furan rings is 1. The molecule has 262 valence electrons. The highest BCUT2D eigenvalue weighted by Gasteiger charge is 2.20. The fourth-order valence-electron chi connectivity index (χ4n) is 7.87. The molecule has 0 bridgehead atoms. The highest BCUT2D eigenvalue weighted by molar-refractivity contribution is 7.26. The van der Waals surface area contributed by atoms with E-state index in [1.54, 1.807) is 11.3 Å². The first-order valence-corrected chi connectivity index (χ1v) is 19.5. The second-order valence-electron chi connectivity index (χ2n) is 13.9. The molecule has 0 aliphatic rings. The second-order valence-corrected chi connectivity index (χ2v) is 15.0. The van der Waals surface area contributed by atoms with Crippen molar-refractivity contribution in [2.75, 3.05) is 0 Å². The molecule has 0 radical (unpaired) electrons. The largest absolute Gasteiger partial charge is 0.455 e. The fraction of sp³-hybridized carbons (Fsp3) is 0. The molecule has 0 saturated heterocycles. The molecule has 3 heterocycles. The minimum Gasteiger partial charge on any atom is -0.455 e. The average Bonchev–Trinajstić information content (AvgIpc) is 3.86. The average molecular weight is 734 g/mol. The summed E-state index contributed by atoms with van der Waals surface area (Å²) < 4.78 is 9.09. The first-order valence-electron chi connectivity index (χ1n) is 18.7. The number of rotatable bonds is 6. The summed E-state index contributed by atoms with van der Waals surface area (Å²) in [6.07, 6.45) is 0. The van der Waals surface area contributed by atoms with Gasteiger partial charge in [0.2, 0.25) is 0 Å². The van der Waals surface area contributed by atoms with Gasteiger partial charge in [-0.3, -0.25) is 0 Å². The molecule has 8 aromatic carbocycles. The van der Waals surface area contributed by atoms with Gasteiger partial charge < -0.3 is 4.42 Å². The Bertz CT molecular complexity index is 3240. The van der Waals surface area contributed by atoms with Crippen molar-refractivity contribution in [1.29, 1.82) is 0 Å². The SMILES string of the molecule is c1ccc(-c2cccc(-c3nc(-c4ccccc4)nc(-c4ccc5c(c4)sc4c(-c6ccc(-c7ccccc7)c7c6oc6ccccc67)cccc45)n3)c2)cc1. The van der Waals surface area contributed by atoms with Crippen molar-refractivity contribution in [1.82, 2.24) is 15.0 Å². The molecule has 0 saturated carbocycles. The van der Waals surface area contributed by atoms with Crippen molar-refractivity contribution in [3.8, 4) is 67.5 Å². The highest BCUT2D eigenvalue weighted by Crippen LogP contribution is 2.46. The van der Waals surface area contributed by atoms with Crippen LogP contribution in [0.1, 0.15) is 0 Å². The van der Waals surface area contributed by atoms with Gasteiger partial charge in [-0.1, -0.05) is 164 Å². The van der Waals surface area contributed by atoms with Crippen LogP contribution >= 0.6 is 11.3 Å². The third-order valence-electron chi connectivity index (χ3n) is 10.6. The number of hydrogen-bond donors (Lipinski definition) is 0. The van der Waals surface area contributed by atoms with E-state index in [2.05, 4.69) is 146 Å². The number of fused-ring (bicyclic) bond motifs is 6. The first kappa shape index (κ1) is 32.2. The number of nitrogens with zero attached hydrogens (tertiary/aromatic N) is 3. The lowest BCUT2D eigenvalue weighted by molar-refractivity contribution is 0.670. The Labute approximate surface area is 327 Å². The molecule has 0 amide bonds. The van der Waals surface area contributed by atoms with Crippen molar-refractivity contribution in [3.05, 3.63) is 188 Å². The predicted molar refractivity (Wildman–Crippen MR) is 233 cm³/mol. The van der Waals surface area contributed by atoms with Crippen LogP contribution in [0.5, 0.6) is 0 Å². The van der Waals surface area contributed by atoms with E-state index in [0.29, 0.717) is 17.5 Å². The van der Waals surface area contributed by atoms with Crippen LogP contribution in [-0.4, -0.2) is 15.0 Å². The minimum atomic E-state index is 0.638. The molecular weight excluding hydrogens is 703 g/mol. The molecule has 0 spiro atoms. The van der Waals surface area contributed by atoms with Gasteiger partial charge in [0.05, 0.1) is 0 Å². The zero-order valence-electron chi connectivity index (χ0n) is 30.1. The monoisotopic (exact) mass is 733 g/mol. The molecule has 56 heavy (non-hydrogen) atoms. The Morgan fingerprint density at radius 3 is 1.70 bits per heavy atom. The maximum atomic E-state index is 6.71. The van der Waals surface area contributed by atoms with E-state index in [0.717, 1.165) is 60.9 Å². The molecule has 0 aliphatic heterocycles. The van der Waals surface area contributed by atoms with E-state index >= 15 is 0 Å². The van der Waals surface area contributed by atoms with Crippen LogP contribution in [0.15, 0.2) is 192 Å². The van der Waals surface area contributed by atoms with E-state index < -0.39 is 0 Å². The normalized spacial score (nSPS) is 11.6. The van der Waals surface area contributed by atoms with Crippen LogP contribution in [0.25, 0.3) is 110 Å². The zero-order chi connectivity index (χ0) is 37.0.